The molecule has 3 aliphatic rings. The zero-order valence-corrected chi connectivity index (χ0v) is 14.6. The van der Waals surface area contributed by atoms with Gasteiger partial charge in [0.05, 0.1) is 12.6 Å². The molecule has 1 atom stereocenters. The number of amides is 1. The van der Waals surface area contributed by atoms with E-state index in [4.69, 9.17) is 9.47 Å². The summed E-state index contributed by atoms with van der Waals surface area (Å²) in [5.74, 6) is 2.62. The van der Waals surface area contributed by atoms with Gasteiger partial charge in [0.2, 0.25) is 5.91 Å². The number of fused-ring (bicyclic) bond motifs is 1. The van der Waals surface area contributed by atoms with Gasteiger partial charge in [0.15, 0.2) is 11.5 Å². The third-order valence-corrected chi connectivity index (χ3v) is 4.93. The maximum Gasteiger partial charge on any atom is 0.237 e. The van der Waals surface area contributed by atoms with E-state index in [9.17, 15) is 4.79 Å². The number of nitrogens with zero attached hydrogens (tertiary/aromatic N) is 1. The van der Waals surface area contributed by atoms with Crippen LogP contribution >= 0.6 is 12.4 Å². The lowest BCUT2D eigenvalue weighted by atomic mass is 10.0. The van der Waals surface area contributed by atoms with Crippen molar-refractivity contribution in [3.63, 3.8) is 0 Å². The number of halogens is 1. The second kappa shape index (κ2) is 7.62. The SMILES string of the molecule is Cl.O=C(CNCC1CC1)N1CCCC1c1ccc2c(c1)OCCO2. The summed E-state index contributed by atoms with van der Waals surface area (Å²) >= 11 is 0. The average molecular weight is 353 g/mol. The van der Waals surface area contributed by atoms with Crippen LogP contribution in [0, 0.1) is 5.92 Å². The number of ether oxygens (including phenoxy) is 2. The third-order valence-electron chi connectivity index (χ3n) is 4.93. The number of hydrogen-bond acceptors (Lipinski definition) is 4. The first-order chi connectivity index (χ1) is 11.3. The zero-order valence-electron chi connectivity index (χ0n) is 13.8. The number of nitrogens with one attached hydrogen (secondary N) is 1. The standard InChI is InChI=1S/C18H24N2O3.ClH/c21-18(12-19-11-13-3-4-13)20-7-1-2-15(20)14-5-6-16-17(10-14)23-9-8-22-16;/h5-6,10,13,15,19H,1-4,7-9,11-12H2;1H. The summed E-state index contributed by atoms with van der Waals surface area (Å²) in [4.78, 5) is 14.5. The van der Waals surface area contributed by atoms with Crippen LogP contribution in [-0.4, -0.2) is 43.7 Å². The second-order valence-electron chi connectivity index (χ2n) is 6.72. The van der Waals surface area contributed by atoms with E-state index in [0.717, 1.165) is 48.9 Å². The quantitative estimate of drug-likeness (QED) is 0.884. The minimum absolute atomic E-state index is 0. The lowest BCUT2D eigenvalue weighted by molar-refractivity contribution is -0.131. The summed E-state index contributed by atoms with van der Waals surface area (Å²) in [6, 6.07) is 6.25. The minimum atomic E-state index is 0. The molecule has 1 aromatic carbocycles. The first kappa shape index (κ1) is 17.4. The molecule has 1 N–H and O–H groups in total. The van der Waals surface area contributed by atoms with Crippen molar-refractivity contribution in [2.24, 2.45) is 5.92 Å². The van der Waals surface area contributed by atoms with Crippen LogP contribution in [0.2, 0.25) is 0 Å². The lowest BCUT2D eigenvalue weighted by Gasteiger charge is -2.27. The van der Waals surface area contributed by atoms with Crippen LogP contribution in [0.5, 0.6) is 11.5 Å². The highest BCUT2D eigenvalue weighted by Gasteiger charge is 2.31. The molecule has 1 aromatic rings. The largest absolute Gasteiger partial charge is 0.486 e. The van der Waals surface area contributed by atoms with Crippen molar-refractivity contribution in [2.75, 3.05) is 32.8 Å². The molecule has 1 unspecified atom stereocenters. The molecule has 1 saturated heterocycles. The molecule has 132 valence electrons. The molecule has 24 heavy (non-hydrogen) atoms. The normalized spacial score (nSPS) is 22.2. The van der Waals surface area contributed by atoms with Crippen LogP contribution in [0.25, 0.3) is 0 Å². The van der Waals surface area contributed by atoms with E-state index in [2.05, 4.69) is 11.4 Å². The van der Waals surface area contributed by atoms with E-state index in [0.29, 0.717) is 19.8 Å². The maximum absolute atomic E-state index is 12.5. The zero-order chi connectivity index (χ0) is 15.6. The Labute approximate surface area is 149 Å². The van der Waals surface area contributed by atoms with Crippen molar-refractivity contribution in [3.05, 3.63) is 23.8 Å². The van der Waals surface area contributed by atoms with Crippen molar-refractivity contribution in [3.8, 4) is 11.5 Å². The van der Waals surface area contributed by atoms with Gasteiger partial charge in [0, 0.05) is 6.54 Å². The van der Waals surface area contributed by atoms with Crippen molar-refractivity contribution < 1.29 is 14.3 Å². The molecule has 2 aliphatic heterocycles. The number of rotatable bonds is 5. The highest BCUT2D eigenvalue weighted by atomic mass is 35.5. The predicted octanol–water partition coefficient (Wildman–Crippen LogP) is 2.54. The Hall–Kier alpha value is -1.46. The molecule has 2 heterocycles. The minimum Gasteiger partial charge on any atom is -0.486 e. The van der Waals surface area contributed by atoms with Crippen molar-refractivity contribution in [1.29, 1.82) is 0 Å². The van der Waals surface area contributed by atoms with Gasteiger partial charge in [-0.05, 0) is 55.8 Å². The molecular formula is C18H25ClN2O3. The topological polar surface area (TPSA) is 50.8 Å². The fourth-order valence-electron chi connectivity index (χ4n) is 3.49. The van der Waals surface area contributed by atoms with Gasteiger partial charge >= 0.3 is 0 Å². The van der Waals surface area contributed by atoms with Crippen LogP contribution in [0.3, 0.4) is 0 Å². The number of carbonyl (C=O) groups excluding carboxylic acids is 1. The lowest BCUT2D eigenvalue weighted by Crippen LogP contribution is -2.38. The van der Waals surface area contributed by atoms with E-state index in [1.54, 1.807) is 0 Å². The van der Waals surface area contributed by atoms with Crippen LogP contribution in [-0.2, 0) is 4.79 Å². The molecule has 1 saturated carbocycles. The number of benzene rings is 1. The van der Waals surface area contributed by atoms with Gasteiger partial charge in [0.1, 0.15) is 13.2 Å². The highest BCUT2D eigenvalue weighted by molar-refractivity contribution is 5.85. The number of carbonyl (C=O) groups is 1. The van der Waals surface area contributed by atoms with Gasteiger partial charge in [-0.2, -0.15) is 0 Å². The summed E-state index contributed by atoms with van der Waals surface area (Å²) in [5.41, 5.74) is 1.15. The first-order valence-corrected chi connectivity index (χ1v) is 8.71. The van der Waals surface area contributed by atoms with E-state index in [1.165, 1.54) is 12.8 Å². The molecule has 0 radical (unpaired) electrons. The van der Waals surface area contributed by atoms with Crippen molar-refractivity contribution >= 4 is 18.3 Å². The van der Waals surface area contributed by atoms with Crippen LogP contribution in [0.4, 0.5) is 0 Å². The Kier molecular flexibility index (Phi) is 5.51. The summed E-state index contributed by atoms with van der Waals surface area (Å²) in [5, 5.41) is 3.31. The van der Waals surface area contributed by atoms with E-state index in [-0.39, 0.29) is 24.4 Å². The second-order valence-corrected chi connectivity index (χ2v) is 6.72. The monoisotopic (exact) mass is 352 g/mol. The fourth-order valence-corrected chi connectivity index (χ4v) is 3.49. The summed E-state index contributed by atoms with van der Waals surface area (Å²) in [7, 11) is 0. The van der Waals surface area contributed by atoms with Gasteiger partial charge < -0.3 is 19.7 Å². The highest BCUT2D eigenvalue weighted by Crippen LogP contribution is 2.38. The summed E-state index contributed by atoms with van der Waals surface area (Å²) in [6.45, 7) is 3.48. The van der Waals surface area contributed by atoms with E-state index >= 15 is 0 Å². The van der Waals surface area contributed by atoms with Gasteiger partial charge in [0.25, 0.3) is 0 Å². The number of likely N-dealkylation sites (tertiary alicyclic amines) is 1. The Morgan fingerprint density at radius 1 is 1.17 bits per heavy atom. The third kappa shape index (κ3) is 3.78. The molecule has 6 heteroatoms. The molecule has 5 nitrogen and oxygen atoms in total. The molecule has 0 spiro atoms. The van der Waals surface area contributed by atoms with Crippen molar-refractivity contribution in [2.45, 2.75) is 31.7 Å². The molecule has 1 amide bonds. The maximum atomic E-state index is 12.5. The Morgan fingerprint density at radius 2 is 1.96 bits per heavy atom. The van der Waals surface area contributed by atoms with Gasteiger partial charge in [-0.1, -0.05) is 6.07 Å². The number of hydrogen-bond donors (Lipinski definition) is 1. The summed E-state index contributed by atoms with van der Waals surface area (Å²) in [6.07, 6.45) is 4.71. The Morgan fingerprint density at radius 3 is 2.75 bits per heavy atom. The average Bonchev–Trinajstić information content (AvgIpc) is 3.27. The van der Waals surface area contributed by atoms with Gasteiger partial charge in [-0.3, -0.25) is 4.79 Å². The van der Waals surface area contributed by atoms with Gasteiger partial charge in [-0.15, -0.1) is 12.4 Å². The Bertz CT molecular complexity index is 592. The fraction of sp³-hybridized carbons (Fsp3) is 0.611. The Balaban J connectivity index is 0.00000169. The first-order valence-electron chi connectivity index (χ1n) is 8.71. The van der Waals surface area contributed by atoms with Gasteiger partial charge in [-0.25, -0.2) is 0 Å². The molecule has 2 fully saturated rings. The molecule has 0 bridgehead atoms. The molecule has 0 aromatic heterocycles. The van der Waals surface area contributed by atoms with Crippen LogP contribution in [0.15, 0.2) is 18.2 Å². The molecule has 4 rings (SSSR count). The van der Waals surface area contributed by atoms with Crippen LogP contribution in [0.1, 0.15) is 37.3 Å². The molecular weight excluding hydrogens is 328 g/mol. The van der Waals surface area contributed by atoms with Crippen LogP contribution < -0.4 is 14.8 Å². The van der Waals surface area contributed by atoms with E-state index in [1.807, 2.05) is 17.0 Å². The predicted molar refractivity (Wildman–Crippen MR) is 94.0 cm³/mol. The summed E-state index contributed by atoms with van der Waals surface area (Å²) < 4.78 is 11.3. The smallest absolute Gasteiger partial charge is 0.237 e. The van der Waals surface area contributed by atoms with Crippen molar-refractivity contribution in [1.82, 2.24) is 10.2 Å². The van der Waals surface area contributed by atoms with E-state index < -0.39 is 0 Å². The molecule has 1 aliphatic carbocycles.